The predicted octanol–water partition coefficient (Wildman–Crippen LogP) is 3.01. The molecule has 6 aliphatic rings. The zero-order valence-electron chi connectivity index (χ0n) is 32.6. The quantitative estimate of drug-likeness (QED) is 0.126. The minimum absolute atomic E-state index is 0.0233. The standard InChI is InChI=1S/C40H50F3N3O12/c1-37(2,3)55-30(50)15-13-26(20-47)45-28(48)16-17-44-36(52)38-18-27-31-32(57-40(56-31,24-9-10-24)25-11-12-25)34(38)58-46(33(38)35(51)54-27)19-23-7-5-4-6-22(23)8-14-29(49)53-21-39(41,42)43/h4-8,14,24-27,31-34,47H,9-13,15-21H2,1-3H3,(H,44,52)(H,45,48). The second-order valence-corrected chi connectivity index (χ2v) is 17.0. The normalized spacial score (nSPS) is 29.4. The topological polar surface area (TPSA) is 188 Å². The zero-order valence-corrected chi connectivity index (χ0v) is 32.6. The van der Waals surface area contributed by atoms with Gasteiger partial charge in [0.25, 0.3) is 0 Å². The van der Waals surface area contributed by atoms with Gasteiger partial charge in [0, 0.05) is 43.7 Å². The van der Waals surface area contributed by atoms with E-state index in [2.05, 4.69) is 15.4 Å². The van der Waals surface area contributed by atoms with E-state index in [4.69, 9.17) is 23.8 Å². The third-order valence-electron chi connectivity index (χ3n) is 11.4. The summed E-state index contributed by atoms with van der Waals surface area (Å²) >= 11 is 0. The van der Waals surface area contributed by atoms with Crippen LogP contribution in [0.4, 0.5) is 13.2 Å². The summed E-state index contributed by atoms with van der Waals surface area (Å²) in [5.41, 5.74) is -1.29. The number of halogens is 3. The van der Waals surface area contributed by atoms with E-state index in [0.717, 1.165) is 31.8 Å². The molecule has 3 aliphatic carbocycles. The van der Waals surface area contributed by atoms with Crippen LogP contribution in [0, 0.1) is 17.3 Å². The first-order valence-electron chi connectivity index (χ1n) is 19.8. The Morgan fingerprint density at radius 2 is 1.72 bits per heavy atom. The molecule has 318 valence electrons. The molecule has 3 saturated heterocycles. The summed E-state index contributed by atoms with van der Waals surface area (Å²) < 4.78 is 67.1. The summed E-state index contributed by atoms with van der Waals surface area (Å²) in [5.74, 6) is -3.99. The van der Waals surface area contributed by atoms with Gasteiger partial charge in [-0.2, -0.15) is 18.2 Å². The Hall–Kier alpha value is -4.10. The molecule has 18 heteroatoms. The van der Waals surface area contributed by atoms with E-state index in [1.165, 1.54) is 11.1 Å². The van der Waals surface area contributed by atoms with Crippen molar-refractivity contribution in [3.8, 4) is 0 Å². The molecule has 3 N–H and O–H groups in total. The van der Waals surface area contributed by atoms with Crippen LogP contribution in [0.3, 0.4) is 0 Å². The fourth-order valence-corrected chi connectivity index (χ4v) is 8.68. The van der Waals surface area contributed by atoms with E-state index in [-0.39, 0.29) is 50.6 Å². The number of ether oxygens (including phenoxy) is 5. The van der Waals surface area contributed by atoms with E-state index in [0.29, 0.717) is 11.1 Å². The van der Waals surface area contributed by atoms with E-state index in [1.807, 2.05) is 0 Å². The molecule has 3 saturated carbocycles. The third kappa shape index (κ3) is 8.90. The van der Waals surface area contributed by atoms with Crippen molar-refractivity contribution in [3.63, 3.8) is 0 Å². The lowest BCUT2D eigenvalue weighted by Crippen LogP contribution is -2.69. The maximum absolute atomic E-state index is 14.6. The number of rotatable bonds is 16. The number of fused-ring (bicyclic) bond motifs is 4. The lowest BCUT2D eigenvalue weighted by Gasteiger charge is -2.48. The molecular weight excluding hydrogens is 771 g/mol. The molecule has 58 heavy (non-hydrogen) atoms. The van der Waals surface area contributed by atoms with Crippen LogP contribution in [-0.2, 0) is 59.0 Å². The number of nitrogens with one attached hydrogen (secondary N) is 2. The number of nitrogens with zero attached hydrogens (tertiary/aromatic N) is 1. The Kier molecular flexibility index (Phi) is 11.7. The van der Waals surface area contributed by atoms with E-state index in [1.54, 1.807) is 45.0 Å². The van der Waals surface area contributed by atoms with Crippen LogP contribution >= 0.6 is 0 Å². The van der Waals surface area contributed by atoms with E-state index < -0.39 is 102 Å². The van der Waals surface area contributed by atoms with Gasteiger partial charge in [-0.05, 0) is 70.1 Å². The van der Waals surface area contributed by atoms with Crippen LogP contribution in [0.5, 0.6) is 0 Å². The molecule has 1 aromatic rings. The maximum Gasteiger partial charge on any atom is 0.422 e. The predicted molar refractivity (Wildman–Crippen MR) is 193 cm³/mol. The molecule has 3 heterocycles. The summed E-state index contributed by atoms with van der Waals surface area (Å²) in [5, 5.41) is 16.7. The van der Waals surface area contributed by atoms with Gasteiger partial charge in [-0.15, -0.1) is 0 Å². The molecule has 0 radical (unpaired) electrons. The summed E-state index contributed by atoms with van der Waals surface area (Å²) in [6.45, 7) is 2.82. The fraction of sp³-hybridized carbons (Fsp3) is 0.675. The number of carbonyl (C=O) groups is 5. The van der Waals surface area contributed by atoms with E-state index in [9.17, 15) is 42.3 Å². The monoisotopic (exact) mass is 821 g/mol. The first-order valence-corrected chi connectivity index (χ1v) is 19.8. The van der Waals surface area contributed by atoms with Gasteiger partial charge >= 0.3 is 24.1 Å². The van der Waals surface area contributed by atoms with Crippen molar-refractivity contribution in [2.24, 2.45) is 17.3 Å². The van der Waals surface area contributed by atoms with Crippen molar-refractivity contribution < 1.29 is 70.8 Å². The van der Waals surface area contributed by atoms with Crippen LogP contribution in [-0.4, -0.2) is 114 Å². The van der Waals surface area contributed by atoms with Gasteiger partial charge in [0.05, 0.1) is 19.2 Å². The van der Waals surface area contributed by atoms with Crippen molar-refractivity contribution in [2.75, 3.05) is 19.8 Å². The van der Waals surface area contributed by atoms with Crippen molar-refractivity contribution in [1.82, 2.24) is 15.7 Å². The molecule has 7 unspecified atom stereocenters. The fourth-order valence-electron chi connectivity index (χ4n) is 8.68. The highest BCUT2D eigenvalue weighted by molar-refractivity contribution is 5.94. The molecule has 7 atom stereocenters. The van der Waals surface area contributed by atoms with Gasteiger partial charge in [-0.25, -0.2) is 4.79 Å². The number of carbonyl (C=O) groups excluding carboxylic acids is 5. The van der Waals surface area contributed by atoms with E-state index >= 15 is 0 Å². The van der Waals surface area contributed by atoms with Crippen molar-refractivity contribution in [1.29, 1.82) is 0 Å². The summed E-state index contributed by atoms with van der Waals surface area (Å²) in [7, 11) is 0. The number of benzene rings is 1. The summed E-state index contributed by atoms with van der Waals surface area (Å²) in [6, 6.07) is 4.67. The third-order valence-corrected chi connectivity index (χ3v) is 11.4. The number of esters is 3. The molecule has 2 bridgehead atoms. The highest BCUT2D eigenvalue weighted by atomic mass is 19.4. The molecule has 1 aromatic carbocycles. The first kappa shape index (κ1) is 42.0. The number of aliphatic hydroxyl groups is 1. The second kappa shape index (κ2) is 16.2. The minimum atomic E-state index is -4.69. The van der Waals surface area contributed by atoms with Gasteiger partial charge in [-0.3, -0.25) is 24.0 Å². The van der Waals surface area contributed by atoms with Gasteiger partial charge < -0.3 is 39.4 Å². The number of amides is 2. The minimum Gasteiger partial charge on any atom is -0.460 e. The lowest BCUT2D eigenvalue weighted by molar-refractivity contribution is -0.235. The average molecular weight is 822 g/mol. The molecule has 6 fully saturated rings. The second-order valence-electron chi connectivity index (χ2n) is 17.0. The average Bonchev–Trinajstić information content (AvgIpc) is 4.10. The molecular formula is C40H50F3N3O12. The van der Waals surface area contributed by atoms with Crippen LogP contribution in [0.25, 0.3) is 6.08 Å². The molecule has 15 nitrogen and oxygen atoms in total. The Morgan fingerprint density at radius 3 is 2.38 bits per heavy atom. The first-order chi connectivity index (χ1) is 27.4. The highest BCUT2D eigenvalue weighted by Gasteiger charge is 2.78. The Morgan fingerprint density at radius 1 is 1.03 bits per heavy atom. The van der Waals surface area contributed by atoms with Crippen LogP contribution < -0.4 is 10.6 Å². The van der Waals surface area contributed by atoms with Gasteiger partial charge in [0.1, 0.15) is 35.4 Å². The van der Waals surface area contributed by atoms with Gasteiger partial charge in [0.15, 0.2) is 18.4 Å². The SMILES string of the molecule is CC(C)(C)OC(=O)CCC(CO)NC(=O)CCNC(=O)C12CC3OC(=O)C1N(Cc1ccccc1C=CC(=O)OCC(F)(F)F)OC2C1OC(C2CC2)(C2CC2)OC31. The summed E-state index contributed by atoms with van der Waals surface area (Å²) in [4.78, 5) is 72.5. The highest BCUT2D eigenvalue weighted by Crippen LogP contribution is 2.63. The van der Waals surface area contributed by atoms with Crippen molar-refractivity contribution in [3.05, 3.63) is 41.5 Å². The molecule has 0 spiro atoms. The maximum atomic E-state index is 14.6. The largest absolute Gasteiger partial charge is 0.460 e. The van der Waals surface area contributed by atoms with Crippen LogP contribution in [0.1, 0.15) is 83.3 Å². The Bertz CT molecular complexity index is 1780. The number of hydroxylamine groups is 2. The molecule has 3 aliphatic heterocycles. The molecule has 2 amide bonds. The Balaban J connectivity index is 1.09. The number of hydrogen-bond donors (Lipinski definition) is 3. The smallest absolute Gasteiger partial charge is 0.422 e. The van der Waals surface area contributed by atoms with Crippen molar-refractivity contribution in [2.45, 2.75) is 133 Å². The van der Waals surface area contributed by atoms with Crippen LogP contribution in [0.2, 0.25) is 0 Å². The van der Waals surface area contributed by atoms with Gasteiger partial charge in [0.2, 0.25) is 11.8 Å². The number of alkyl halides is 3. The van der Waals surface area contributed by atoms with Gasteiger partial charge in [-0.1, -0.05) is 24.3 Å². The number of hydrogen-bond acceptors (Lipinski definition) is 13. The lowest BCUT2D eigenvalue weighted by atomic mass is 9.62. The zero-order chi connectivity index (χ0) is 41.6. The number of aliphatic hydroxyl groups excluding tert-OH is 1. The summed E-state index contributed by atoms with van der Waals surface area (Å²) in [6.07, 6.45) is -2.19. The Labute approximate surface area is 333 Å². The van der Waals surface area contributed by atoms with Crippen molar-refractivity contribution >= 4 is 35.8 Å². The molecule has 0 aromatic heterocycles. The molecule has 7 rings (SSSR count). The van der Waals surface area contributed by atoms with Crippen LogP contribution in [0.15, 0.2) is 30.3 Å².